The number of halogens is 1. The lowest BCUT2D eigenvalue weighted by atomic mass is 10.2. The quantitative estimate of drug-likeness (QED) is 0.760. The van der Waals surface area contributed by atoms with Crippen LogP contribution in [0.1, 0.15) is 13.3 Å². The maximum absolute atomic E-state index is 11.2. The highest BCUT2D eigenvalue weighted by molar-refractivity contribution is 6.30. The smallest absolute Gasteiger partial charge is 0.221 e. The molecule has 94 valence electrons. The van der Waals surface area contributed by atoms with Crippen LogP contribution in [0, 0.1) is 0 Å². The molecule has 0 aliphatic carbocycles. The summed E-state index contributed by atoms with van der Waals surface area (Å²) in [5.74, 6) is 0.676. The van der Waals surface area contributed by atoms with Gasteiger partial charge in [-0.05, 0) is 31.2 Å². The maximum Gasteiger partial charge on any atom is 0.221 e. The lowest BCUT2D eigenvalue weighted by molar-refractivity contribution is -0.121. The van der Waals surface area contributed by atoms with Crippen molar-refractivity contribution in [3.63, 3.8) is 0 Å². The fourth-order valence-electron chi connectivity index (χ4n) is 1.25. The second kappa shape index (κ2) is 7.14. The van der Waals surface area contributed by atoms with Gasteiger partial charge in [-0.1, -0.05) is 11.6 Å². The summed E-state index contributed by atoms with van der Waals surface area (Å²) >= 11 is 5.74. The molecule has 1 atom stereocenters. The van der Waals surface area contributed by atoms with E-state index in [-0.39, 0.29) is 11.9 Å². The van der Waals surface area contributed by atoms with E-state index in [1.165, 1.54) is 0 Å². The third-order valence-corrected chi connectivity index (χ3v) is 2.27. The van der Waals surface area contributed by atoms with E-state index in [9.17, 15) is 4.79 Å². The zero-order valence-corrected chi connectivity index (χ0v) is 10.5. The summed E-state index contributed by atoms with van der Waals surface area (Å²) in [6.45, 7) is 2.68. The second-order valence-corrected chi connectivity index (χ2v) is 4.27. The van der Waals surface area contributed by atoms with Crippen molar-refractivity contribution in [3.05, 3.63) is 29.3 Å². The number of nitrogens with two attached hydrogens (primary N) is 1. The third kappa shape index (κ3) is 6.14. The van der Waals surface area contributed by atoms with Gasteiger partial charge in [0.2, 0.25) is 5.91 Å². The van der Waals surface area contributed by atoms with Crippen molar-refractivity contribution in [1.29, 1.82) is 0 Å². The Hall–Kier alpha value is -1.26. The molecule has 0 spiro atoms. The zero-order valence-electron chi connectivity index (χ0n) is 9.78. The Morgan fingerprint density at radius 3 is 2.71 bits per heavy atom. The molecule has 1 rings (SSSR count). The lowest BCUT2D eigenvalue weighted by Gasteiger charge is -2.08. The van der Waals surface area contributed by atoms with Crippen LogP contribution in [-0.2, 0) is 4.79 Å². The molecular formula is C12H17ClN2O2. The first kappa shape index (κ1) is 13.8. The normalized spacial score (nSPS) is 11.9. The molecule has 0 saturated heterocycles. The number of hydrogen-bond acceptors (Lipinski definition) is 3. The van der Waals surface area contributed by atoms with Crippen molar-refractivity contribution in [1.82, 2.24) is 5.32 Å². The summed E-state index contributed by atoms with van der Waals surface area (Å²) in [4.78, 5) is 11.2. The molecule has 1 amide bonds. The SMILES string of the molecule is CC(N)CC(=O)NCCOc1ccc(Cl)cc1. The Morgan fingerprint density at radius 2 is 2.12 bits per heavy atom. The molecule has 0 bridgehead atoms. The van der Waals surface area contributed by atoms with Crippen molar-refractivity contribution in [3.8, 4) is 5.75 Å². The monoisotopic (exact) mass is 256 g/mol. The van der Waals surface area contributed by atoms with Crippen LogP contribution < -0.4 is 15.8 Å². The average molecular weight is 257 g/mol. The van der Waals surface area contributed by atoms with E-state index in [0.29, 0.717) is 24.6 Å². The largest absolute Gasteiger partial charge is 0.492 e. The molecule has 1 aromatic rings. The third-order valence-electron chi connectivity index (χ3n) is 2.01. The summed E-state index contributed by atoms with van der Waals surface area (Å²) in [5.41, 5.74) is 5.50. The summed E-state index contributed by atoms with van der Waals surface area (Å²) in [7, 11) is 0. The van der Waals surface area contributed by atoms with Crippen LogP contribution in [0.4, 0.5) is 0 Å². The lowest BCUT2D eigenvalue weighted by Crippen LogP contribution is -2.32. The van der Waals surface area contributed by atoms with Crippen LogP contribution in [0.2, 0.25) is 5.02 Å². The number of nitrogens with one attached hydrogen (secondary N) is 1. The van der Waals surface area contributed by atoms with Gasteiger partial charge in [0.15, 0.2) is 0 Å². The summed E-state index contributed by atoms with van der Waals surface area (Å²) in [5, 5.41) is 3.39. The molecule has 0 aliphatic rings. The number of amides is 1. The minimum absolute atomic E-state index is 0.0558. The minimum atomic E-state index is -0.118. The predicted molar refractivity (Wildman–Crippen MR) is 68.2 cm³/mol. The number of rotatable bonds is 6. The molecular weight excluding hydrogens is 240 g/mol. The van der Waals surface area contributed by atoms with Gasteiger partial charge in [-0.25, -0.2) is 0 Å². The van der Waals surface area contributed by atoms with Gasteiger partial charge < -0.3 is 15.8 Å². The van der Waals surface area contributed by atoms with Crippen LogP contribution >= 0.6 is 11.6 Å². The molecule has 0 heterocycles. The van der Waals surface area contributed by atoms with E-state index < -0.39 is 0 Å². The molecule has 1 unspecified atom stereocenters. The van der Waals surface area contributed by atoms with Gasteiger partial charge in [-0.3, -0.25) is 4.79 Å². The molecule has 0 aliphatic heterocycles. The zero-order chi connectivity index (χ0) is 12.7. The van der Waals surface area contributed by atoms with E-state index in [0.717, 1.165) is 5.75 Å². The standard InChI is InChI=1S/C12H17ClN2O2/c1-9(14)8-12(16)15-6-7-17-11-4-2-10(13)3-5-11/h2-5,9H,6-8,14H2,1H3,(H,15,16). The van der Waals surface area contributed by atoms with Gasteiger partial charge in [0.25, 0.3) is 0 Å². The van der Waals surface area contributed by atoms with Crippen LogP contribution in [0.3, 0.4) is 0 Å². The van der Waals surface area contributed by atoms with Crippen molar-refractivity contribution < 1.29 is 9.53 Å². The average Bonchev–Trinajstić information content (AvgIpc) is 2.26. The highest BCUT2D eigenvalue weighted by Gasteiger charge is 2.03. The van der Waals surface area contributed by atoms with Crippen molar-refractivity contribution in [2.45, 2.75) is 19.4 Å². The number of carbonyl (C=O) groups excluding carboxylic acids is 1. The van der Waals surface area contributed by atoms with Gasteiger partial charge in [0.05, 0.1) is 6.54 Å². The van der Waals surface area contributed by atoms with Crippen molar-refractivity contribution in [2.24, 2.45) is 5.73 Å². The Balaban J connectivity index is 2.16. The number of hydrogen-bond donors (Lipinski definition) is 2. The van der Waals surface area contributed by atoms with Crippen LogP contribution in [0.15, 0.2) is 24.3 Å². The second-order valence-electron chi connectivity index (χ2n) is 3.83. The first-order valence-electron chi connectivity index (χ1n) is 5.48. The van der Waals surface area contributed by atoms with E-state index >= 15 is 0 Å². The molecule has 0 saturated carbocycles. The number of carbonyl (C=O) groups is 1. The van der Waals surface area contributed by atoms with Crippen LogP contribution in [0.25, 0.3) is 0 Å². The summed E-state index contributed by atoms with van der Waals surface area (Å²) in [6, 6.07) is 6.96. The van der Waals surface area contributed by atoms with Crippen LogP contribution in [-0.4, -0.2) is 25.1 Å². The minimum Gasteiger partial charge on any atom is -0.492 e. The molecule has 0 aromatic heterocycles. The van der Waals surface area contributed by atoms with Gasteiger partial charge in [-0.15, -0.1) is 0 Å². The molecule has 4 nitrogen and oxygen atoms in total. The fourth-order valence-corrected chi connectivity index (χ4v) is 1.38. The molecule has 1 aromatic carbocycles. The van der Waals surface area contributed by atoms with E-state index in [1.54, 1.807) is 31.2 Å². The first-order chi connectivity index (χ1) is 8.08. The highest BCUT2D eigenvalue weighted by atomic mass is 35.5. The Labute approximate surface area is 106 Å². The fraction of sp³-hybridized carbons (Fsp3) is 0.417. The van der Waals surface area contributed by atoms with E-state index in [1.807, 2.05) is 0 Å². The molecule has 3 N–H and O–H groups in total. The van der Waals surface area contributed by atoms with Gasteiger partial charge >= 0.3 is 0 Å². The number of ether oxygens (including phenoxy) is 1. The molecule has 17 heavy (non-hydrogen) atoms. The maximum atomic E-state index is 11.2. The van der Waals surface area contributed by atoms with Crippen molar-refractivity contribution >= 4 is 17.5 Å². The topological polar surface area (TPSA) is 64.4 Å². The Bertz CT molecular complexity index is 352. The summed E-state index contributed by atoms with van der Waals surface area (Å²) in [6.07, 6.45) is 0.334. The van der Waals surface area contributed by atoms with E-state index in [2.05, 4.69) is 5.32 Å². The molecule has 0 fully saturated rings. The van der Waals surface area contributed by atoms with Gasteiger partial charge in [0.1, 0.15) is 12.4 Å². The highest BCUT2D eigenvalue weighted by Crippen LogP contribution is 2.14. The van der Waals surface area contributed by atoms with E-state index in [4.69, 9.17) is 22.1 Å². The Morgan fingerprint density at radius 1 is 1.47 bits per heavy atom. The Kier molecular flexibility index (Phi) is 5.80. The van der Waals surface area contributed by atoms with Gasteiger partial charge in [-0.2, -0.15) is 0 Å². The first-order valence-corrected chi connectivity index (χ1v) is 5.86. The van der Waals surface area contributed by atoms with Gasteiger partial charge in [0, 0.05) is 17.5 Å². The molecule has 0 radical (unpaired) electrons. The number of benzene rings is 1. The predicted octanol–water partition coefficient (Wildman–Crippen LogP) is 1.57. The van der Waals surface area contributed by atoms with Crippen LogP contribution in [0.5, 0.6) is 5.75 Å². The molecule has 5 heteroatoms. The summed E-state index contributed by atoms with van der Waals surface area (Å²) < 4.78 is 5.41. The van der Waals surface area contributed by atoms with Crippen molar-refractivity contribution in [2.75, 3.05) is 13.2 Å².